The van der Waals surface area contributed by atoms with Crippen molar-refractivity contribution in [1.82, 2.24) is 4.90 Å². The normalized spacial score (nSPS) is 25.8. The number of aryl methyl sites for hydroxylation is 2. The molecule has 0 spiro atoms. The summed E-state index contributed by atoms with van der Waals surface area (Å²) < 4.78 is 39.1. The fourth-order valence-electron chi connectivity index (χ4n) is 4.97. The van der Waals surface area contributed by atoms with Crippen molar-refractivity contribution in [3.63, 3.8) is 0 Å². The maximum atomic E-state index is 13.0. The lowest BCUT2D eigenvalue weighted by atomic mass is 9.73. The monoisotopic (exact) mass is 359 g/mol. The highest BCUT2D eigenvalue weighted by molar-refractivity contribution is 5.40. The van der Waals surface area contributed by atoms with Gasteiger partial charge in [-0.05, 0) is 68.0 Å². The second-order valence-corrected chi connectivity index (χ2v) is 7.92. The molecule has 3 atom stereocenters. The van der Waals surface area contributed by atoms with E-state index in [1.165, 1.54) is 23.3 Å². The average Bonchev–Trinajstić information content (AvgIpc) is 2.90. The molecule has 4 rings (SSSR count). The van der Waals surface area contributed by atoms with Gasteiger partial charge in [0.25, 0.3) is 0 Å². The molecule has 2 aromatic rings. The highest BCUT2D eigenvalue weighted by Gasteiger charge is 2.43. The summed E-state index contributed by atoms with van der Waals surface area (Å²) in [5.74, 6) is 0.866. The zero-order chi connectivity index (χ0) is 18.5. The van der Waals surface area contributed by atoms with E-state index in [0.29, 0.717) is 17.9 Å². The minimum absolute atomic E-state index is 0.348. The van der Waals surface area contributed by atoms with E-state index in [2.05, 4.69) is 43.1 Å². The first-order valence-corrected chi connectivity index (χ1v) is 9.29. The second kappa shape index (κ2) is 6.41. The summed E-state index contributed by atoms with van der Waals surface area (Å²) in [6.45, 7) is 3.04. The van der Waals surface area contributed by atoms with Crippen LogP contribution in [-0.2, 0) is 19.0 Å². The van der Waals surface area contributed by atoms with Gasteiger partial charge in [-0.1, -0.05) is 35.9 Å². The molecule has 0 bridgehead atoms. The van der Waals surface area contributed by atoms with E-state index in [9.17, 15) is 13.2 Å². The van der Waals surface area contributed by atoms with Crippen LogP contribution in [-0.4, -0.2) is 24.5 Å². The molecule has 0 amide bonds. The molecule has 1 unspecified atom stereocenters. The van der Waals surface area contributed by atoms with Crippen molar-refractivity contribution in [2.75, 3.05) is 13.6 Å². The minimum atomic E-state index is -4.26. The van der Waals surface area contributed by atoms with Crippen molar-refractivity contribution < 1.29 is 13.2 Å². The first kappa shape index (κ1) is 17.6. The Kier molecular flexibility index (Phi) is 4.34. The zero-order valence-corrected chi connectivity index (χ0v) is 15.2. The molecule has 2 aromatic carbocycles. The zero-order valence-electron chi connectivity index (χ0n) is 15.2. The summed E-state index contributed by atoms with van der Waals surface area (Å²) in [5, 5.41) is 0. The third-order valence-electron chi connectivity index (χ3n) is 6.21. The standard InChI is InChI=1S/C22H24F3N/c1-14-4-3-5-15(10-14)11-21-19-8-6-16-12-17(22(23,24)25)7-9-18(16)20(19)13-26(21)2/h3-5,7,9-10,12,19-21H,6,8,11,13H2,1-2H3/t19?,20-,21-/m1/s1. The van der Waals surface area contributed by atoms with E-state index in [1.807, 2.05) is 0 Å². The molecule has 1 aliphatic heterocycles. The molecule has 1 fully saturated rings. The van der Waals surface area contributed by atoms with Crippen molar-refractivity contribution in [3.8, 4) is 0 Å². The Balaban J connectivity index is 1.60. The largest absolute Gasteiger partial charge is 0.416 e. The van der Waals surface area contributed by atoms with Crippen LogP contribution in [0.2, 0.25) is 0 Å². The number of nitrogens with zero attached hydrogens (tertiary/aromatic N) is 1. The predicted molar refractivity (Wildman–Crippen MR) is 97.3 cm³/mol. The Morgan fingerprint density at radius 1 is 1.12 bits per heavy atom. The lowest BCUT2D eigenvalue weighted by Crippen LogP contribution is -2.32. The molecule has 2 aliphatic rings. The van der Waals surface area contributed by atoms with Gasteiger partial charge in [-0.3, -0.25) is 0 Å². The fourth-order valence-corrected chi connectivity index (χ4v) is 4.97. The van der Waals surface area contributed by atoms with Crippen molar-refractivity contribution in [1.29, 1.82) is 0 Å². The molecule has 0 N–H and O–H groups in total. The Labute approximate surface area is 152 Å². The highest BCUT2D eigenvalue weighted by atomic mass is 19.4. The minimum Gasteiger partial charge on any atom is -0.302 e. The third kappa shape index (κ3) is 3.16. The molecule has 26 heavy (non-hydrogen) atoms. The lowest BCUT2D eigenvalue weighted by molar-refractivity contribution is -0.137. The number of halogens is 3. The molecule has 0 saturated carbocycles. The number of likely N-dealkylation sites (tertiary alicyclic amines) is 1. The summed E-state index contributed by atoms with van der Waals surface area (Å²) in [5.41, 5.74) is 4.13. The van der Waals surface area contributed by atoms with E-state index in [4.69, 9.17) is 0 Å². The topological polar surface area (TPSA) is 3.24 Å². The van der Waals surface area contributed by atoms with Crippen LogP contribution in [0.5, 0.6) is 0 Å². The van der Waals surface area contributed by atoms with Crippen LogP contribution in [0.1, 0.15) is 40.2 Å². The van der Waals surface area contributed by atoms with Crippen LogP contribution in [0.3, 0.4) is 0 Å². The smallest absolute Gasteiger partial charge is 0.302 e. The second-order valence-electron chi connectivity index (χ2n) is 7.92. The number of hydrogen-bond acceptors (Lipinski definition) is 1. The molecule has 1 saturated heterocycles. The van der Waals surface area contributed by atoms with E-state index in [1.54, 1.807) is 6.07 Å². The molecular weight excluding hydrogens is 335 g/mol. The quantitative estimate of drug-likeness (QED) is 0.711. The lowest BCUT2D eigenvalue weighted by Gasteiger charge is -2.32. The predicted octanol–water partition coefficient (Wildman–Crippen LogP) is 5.22. The van der Waals surface area contributed by atoms with Crippen molar-refractivity contribution in [3.05, 3.63) is 70.3 Å². The van der Waals surface area contributed by atoms with E-state index >= 15 is 0 Å². The van der Waals surface area contributed by atoms with Crippen LogP contribution in [0.4, 0.5) is 13.2 Å². The van der Waals surface area contributed by atoms with Crippen LogP contribution in [0.25, 0.3) is 0 Å². The summed E-state index contributed by atoms with van der Waals surface area (Å²) in [6.07, 6.45) is -1.53. The van der Waals surface area contributed by atoms with Gasteiger partial charge in [0.05, 0.1) is 5.56 Å². The average molecular weight is 359 g/mol. The Morgan fingerprint density at radius 2 is 1.92 bits per heavy atom. The molecule has 138 valence electrons. The first-order chi connectivity index (χ1) is 12.3. The SMILES string of the molecule is Cc1cccc(C[C@@H]2C3CCc4cc(C(F)(F)F)ccc4[C@H]3CN2C)c1. The van der Waals surface area contributed by atoms with E-state index in [0.717, 1.165) is 36.9 Å². The van der Waals surface area contributed by atoms with Crippen molar-refractivity contribution in [2.24, 2.45) is 5.92 Å². The summed E-state index contributed by atoms with van der Waals surface area (Å²) in [7, 11) is 2.16. The van der Waals surface area contributed by atoms with Gasteiger partial charge in [0.15, 0.2) is 0 Å². The molecule has 0 radical (unpaired) electrons. The number of fused-ring (bicyclic) bond motifs is 3. The van der Waals surface area contributed by atoms with Crippen LogP contribution < -0.4 is 0 Å². The number of benzene rings is 2. The molecule has 4 heteroatoms. The van der Waals surface area contributed by atoms with Gasteiger partial charge >= 0.3 is 6.18 Å². The van der Waals surface area contributed by atoms with Gasteiger partial charge in [-0.25, -0.2) is 0 Å². The first-order valence-electron chi connectivity index (χ1n) is 9.29. The molecule has 0 aromatic heterocycles. The van der Waals surface area contributed by atoms with E-state index < -0.39 is 11.7 Å². The Morgan fingerprint density at radius 3 is 2.65 bits per heavy atom. The van der Waals surface area contributed by atoms with Crippen LogP contribution in [0.15, 0.2) is 42.5 Å². The number of alkyl halides is 3. The van der Waals surface area contributed by atoms with Gasteiger partial charge in [0.2, 0.25) is 0 Å². The van der Waals surface area contributed by atoms with E-state index in [-0.39, 0.29) is 0 Å². The molecule has 1 heterocycles. The van der Waals surface area contributed by atoms with Gasteiger partial charge in [0.1, 0.15) is 0 Å². The third-order valence-corrected chi connectivity index (χ3v) is 6.21. The molecular formula is C22H24F3N. The number of hydrogen-bond donors (Lipinski definition) is 0. The van der Waals surface area contributed by atoms with Crippen molar-refractivity contribution in [2.45, 2.75) is 44.3 Å². The van der Waals surface area contributed by atoms with Crippen LogP contribution >= 0.6 is 0 Å². The Bertz CT molecular complexity index is 811. The summed E-state index contributed by atoms with van der Waals surface area (Å²) >= 11 is 0. The molecule has 1 nitrogen and oxygen atoms in total. The van der Waals surface area contributed by atoms with Gasteiger partial charge in [0, 0.05) is 18.5 Å². The van der Waals surface area contributed by atoms with Gasteiger partial charge in [-0.15, -0.1) is 0 Å². The highest BCUT2D eigenvalue weighted by Crippen LogP contribution is 2.46. The van der Waals surface area contributed by atoms with Gasteiger partial charge < -0.3 is 4.90 Å². The molecule has 1 aliphatic carbocycles. The Hall–Kier alpha value is -1.81. The maximum absolute atomic E-state index is 13.0. The van der Waals surface area contributed by atoms with Crippen LogP contribution in [0, 0.1) is 12.8 Å². The summed E-state index contributed by atoms with van der Waals surface area (Å²) in [6, 6.07) is 13.5. The number of likely N-dealkylation sites (N-methyl/N-ethyl adjacent to an activating group) is 1. The maximum Gasteiger partial charge on any atom is 0.416 e. The number of rotatable bonds is 2. The van der Waals surface area contributed by atoms with Gasteiger partial charge in [-0.2, -0.15) is 13.2 Å². The fraction of sp³-hybridized carbons (Fsp3) is 0.455. The van der Waals surface area contributed by atoms with Crippen molar-refractivity contribution >= 4 is 0 Å². The summed E-state index contributed by atoms with van der Waals surface area (Å²) in [4.78, 5) is 2.41.